The Kier molecular flexibility index (Phi) is 8.03. The van der Waals surface area contributed by atoms with Crippen molar-refractivity contribution in [3.8, 4) is 23.0 Å². The summed E-state index contributed by atoms with van der Waals surface area (Å²) < 4.78 is 0. The Balaban J connectivity index is 0.000000181. The van der Waals surface area contributed by atoms with Gasteiger partial charge in [-0.25, -0.2) is 0 Å². The van der Waals surface area contributed by atoms with Gasteiger partial charge in [0.2, 0.25) is 0 Å². The Morgan fingerprint density at radius 3 is 1.31 bits per heavy atom. The number of rotatable bonds is 6. The van der Waals surface area contributed by atoms with Crippen LogP contribution < -0.4 is 0 Å². The number of aromatic hydroxyl groups is 4. The molecule has 4 aromatic rings. The lowest BCUT2D eigenvalue weighted by molar-refractivity contribution is 0.445. The van der Waals surface area contributed by atoms with Crippen LogP contribution in [0.1, 0.15) is 22.3 Å². The van der Waals surface area contributed by atoms with E-state index in [4.69, 9.17) is 10.2 Å². The second kappa shape index (κ2) is 11.4. The van der Waals surface area contributed by atoms with Crippen LogP contribution >= 0.6 is 0 Å². The molecule has 4 N–H and O–H groups in total. The molecule has 164 valence electrons. The summed E-state index contributed by atoms with van der Waals surface area (Å²) in [6.45, 7) is 0. The second-order valence-electron chi connectivity index (χ2n) is 7.35. The predicted octanol–water partition coefficient (Wildman–Crippen LogP) is 4.56. The summed E-state index contributed by atoms with van der Waals surface area (Å²) in [4.78, 5) is 8.06. The second-order valence-corrected chi connectivity index (χ2v) is 7.35. The van der Waals surface area contributed by atoms with Crippen LogP contribution in [0.15, 0.2) is 85.5 Å². The van der Waals surface area contributed by atoms with Crippen molar-refractivity contribution >= 4 is 0 Å². The minimum Gasteiger partial charge on any atom is -0.508 e. The first-order valence-electron chi connectivity index (χ1n) is 10.3. The van der Waals surface area contributed by atoms with Gasteiger partial charge in [0.05, 0.1) is 0 Å². The lowest BCUT2D eigenvalue weighted by Crippen LogP contribution is -1.92. The monoisotopic (exact) mass is 430 g/mol. The SMILES string of the molecule is Oc1ccc(CCc2cccnc2)c(O)c1.Oc1ccc(CCc2cccnc2)c(O)c1. The Bertz CT molecular complexity index is 1030. The van der Waals surface area contributed by atoms with Gasteiger partial charge in [-0.2, -0.15) is 0 Å². The summed E-state index contributed by atoms with van der Waals surface area (Å²) in [5, 5.41) is 37.5. The lowest BCUT2D eigenvalue weighted by Gasteiger charge is -2.04. The first kappa shape index (κ1) is 22.6. The van der Waals surface area contributed by atoms with Crippen molar-refractivity contribution in [2.45, 2.75) is 25.7 Å². The fourth-order valence-corrected chi connectivity index (χ4v) is 3.18. The fraction of sp³-hybridized carbons (Fsp3) is 0.154. The molecule has 4 rings (SSSR count). The zero-order valence-corrected chi connectivity index (χ0v) is 17.6. The molecule has 0 amide bonds. The number of aryl methyl sites for hydroxylation is 4. The lowest BCUT2D eigenvalue weighted by atomic mass is 10.0. The molecule has 2 aromatic carbocycles. The van der Waals surface area contributed by atoms with E-state index in [1.165, 1.54) is 12.1 Å². The molecule has 2 heterocycles. The van der Waals surface area contributed by atoms with E-state index in [1.54, 1.807) is 36.7 Å². The van der Waals surface area contributed by atoms with Crippen LogP contribution in [-0.2, 0) is 25.7 Å². The number of hydrogen-bond acceptors (Lipinski definition) is 6. The van der Waals surface area contributed by atoms with E-state index >= 15 is 0 Å². The molecule has 2 aromatic heterocycles. The maximum Gasteiger partial charge on any atom is 0.122 e. The van der Waals surface area contributed by atoms with Crippen molar-refractivity contribution in [1.29, 1.82) is 0 Å². The van der Waals surface area contributed by atoms with Crippen LogP contribution in [0.3, 0.4) is 0 Å². The van der Waals surface area contributed by atoms with Crippen LogP contribution in [-0.4, -0.2) is 30.4 Å². The molecule has 32 heavy (non-hydrogen) atoms. The number of benzene rings is 2. The van der Waals surface area contributed by atoms with E-state index in [0.717, 1.165) is 47.9 Å². The van der Waals surface area contributed by atoms with E-state index in [2.05, 4.69) is 9.97 Å². The van der Waals surface area contributed by atoms with Gasteiger partial charge in [-0.05, 0) is 72.2 Å². The van der Waals surface area contributed by atoms with Crippen molar-refractivity contribution < 1.29 is 20.4 Å². The molecule has 0 unspecified atom stereocenters. The predicted molar refractivity (Wildman–Crippen MR) is 123 cm³/mol. The zero-order valence-electron chi connectivity index (χ0n) is 17.6. The number of aromatic nitrogens is 2. The number of pyridine rings is 2. The molecule has 6 nitrogen and oxygen atoms in total. The summed E-state index contributed by atoms with van der Waals surface area (Å²) in [6, 6.07) is 17.2. The van der Waals surface area contributed by atoms with Crippen LogP contribution in [0.25, 0.3) is 0 Å². The van der Waals surface area contributed by atoms with E-state index in [9.17, 15) is 10.2 Å². The molecular weight excluding hydrogens is 404 g/mol. The smallest absolute Gasteiger partial charge is 0.122 e. The average Bonchev–Trinajstić information content (AvgIpc) is 2.80. The van der Waals surface area contributed by atoms with Gasteiger partial charge < -0.3 is 20.4 Å². The summed E-state index contributed by atoms with van der Waals surface area (Å²) in [5.74, 6) is 0.457. The highest BCUT2D eigenvalue weighted by Crippen LogP contribution is 2.24. The van der Waals surface area contributed by atoms with Gasteiger partial charge in [0.25, 0.3) is 0 Å². The van der Waals surface area contributed by atoms with E-state index in [1.807, 2.05) is 36.7 Å². The molecule has 0 aliphatic rings. The molecule has 0 spiro atoms. The van der Waals surface area contributed by atoms with E-state index in [0.29, 0.717) is 0 Å². The molecular formula is C26H26N2O4. The molecule has 0 aliphatic heterocycles. The van der Waals surface area contributed by atoms with Crippen molar-refractivity contribution in [2.24, 2.45) is 0 Å². The molecule has 0 fully saturated rings. The van der Waals surface area contributed by atoms with E-state index in [-0.39, 0.29) is 23.0 Å². The first-order chi connectivity index (χ1) is 15.5. The minimum atomic E-state index is 0.0858. The van der Waals surface area contributed by atoms with Crippen LogP contribution in [0, 0.1) is 0 Å². The first-order valence-corrected chi connectivity index (χ1v) is 10.3. The van der Waals surface area contributed by atoms with Gasteiger partial charge in [-0.1, -0.05) is 24.3 Å². The normalized spacial score (nSPS) is 10.2. The van der Waals surface area contributed by atoms with Crippen LogP contribution in [0.4, 0.5) is 0 Å². The van der Waals surface area contributed by atoms with Crippen LogP contribution in [0.2, 0.25) is 0 Å². The number of hydrogen-bond donors (Lipinski definition) is 4. The van der Waals surface area contributed by atoms with Crippen molar-refractivity contribution in [3.05, 3.63) is 108 Å². The summed E-state index contributed by atoms with van der Waals surface area (Å²) in [6.07, 6.45) is 10.2. The number of phenols is 4. The minimum absolute atomic E-state index is 0.0858. The van der Waals surface area contributed by atoms with Gasteiger partial charge in [-0.3, -0.25) is 9.97 Å². The summed E-state index contributed by atoms with van der Waals surface area (Å²) in [5.41, 5.74) is 3.94. The third-order valence-corrected chi connectivity index (χ3v) is 4.95. The molecule has 0 bridgehead atoms. The maximum absolute atomic E-state index is 9.59. The van der Waals surface area contributed by atoms with Crippen molar-refractivity contribution in [3.63, 3.8) is 0 Å². The Labute approximate surface area is 187 Å². The topological polar surface area (TPSA) is 107 Å². The fourth-order valence-electron chi connectivity index (χ4n) is 3.18. The highest BCUT2D eigenvalue weighted by Gasteiger charge is 2.03. The zero-order chi connectivity index (χ0) is 22.8. The largest absolute Gasteiger partial charge is 0.508 e. The highest BCUT2D eigenvalue weighted by atomic mass is 16.3. The molecule has 0 saturated heterocycles. The Morgan fingerprint density at radius 2 is 0.969 bits per heavy atom. The maximum atomic E-state index is 9.59. The number of phenolic OH excluding ortho intramolecular Hbond substituents is 4. The van der Waals surface area contributed by atoms with Crippen LogP contribution in [0.5, 0.6) is 23.0 Å². The third kappa shape index (κ3) is 7.02. The quantitative estimate of drug-likeness (QED) is 0.357. The summed E-state index contributed by atoms with van der Waals surface area (Å²) >= 11 is 0. The van der Waals surface area contributed by atoms with Gasteiger partial charge >= 0.3 is 0 Å². The molecule has 0 saturated carbocycles. The van der Waals surface area contributed by atoms with E-state index < -0.39 is 0 Å². The highest BCUT2D eigenvalue weighted by molar-refractivity contribution is 5.40. The molecule has 0 radical (unpaired) electrons. The van der Waals surface area contributed by atoms with Gasteiger partial charge in [0, 0.05) is 36.9 Å². The molecule has 6 heteroatoms. The Morgan fingerprint density at radius 1 is 0.531 bits per heavy atom. The molecule has 0 atom stereocenters. The van der Waals surface area contributed by atoms with Gasteiger partial charge in [0.15, 0.2) is 0 Å². The summed E-state index contributed by atoms with van der Waals surface area (Å²) in [7, 11) is 0. The van der Waals surface area contributed by atoms with Gasteiger partial charge in [0.1, 0.15) is 23.0 Å². The average molecular weight is 431 g/mol. The molecule has 0 aliphatic carbocycles. The Hall–Kier alpha value is -4.06. The van der Waals surface area contributed by atoms with Gasteiger partial charge in [-0.15, -0.1) is 0 Å². The third-order valence-electron chi connectivity index (χ3n) is 4.95. The number of nitrogens with zero attached hydrogens (tertiary/aromatic N) is 2. The van der Waals surface area contributed by atoms with Crippen molar-refractivity contribution in [1.82, 2.24) is 9.97 Å². The standard InChI is InChI=1S/2C13H13NO2/c2*15-12-6-5-11(13(16)8-12)4-3-10-2-1-7-14-9-10/h2*1-2,5-9,15-16H,3-4H2. The van der Waals surface area contributed by atoms with Crippen molar-refractivity contribution in [2.75, 3.05) is 0 Å².